The van der Waals surface area contributed by atoms with Gasteiger partial charge in [-0.15, -0.1) is 0 Å². The third-order valence-electron chi connectivity index (χ3n) is 7.10. The summed E-state index contributed by atoms with van der Waals surface area (Å²) in [7, 11) is 0. The number of rotatable bonds is 3. The molecule has 4 nitrogen and oxygen atoms in total. The average molecular weight is 489 g/mol. The van der Waals surface area contributed by atoms with E-state index in [1.54, 1.807) is 0 Å². The normalized spacial score (nSPS) is 11.7. The summed E-state index contributed by atoms with van der Waals surface area (Å²) in [5.74, 6) is 1.15. The van der Waals surface area contributed by atoms with Crippen LogP contribution >= 0.6 is 0 Å². The van der Waals surface area contributed by atoms with Crippen LogP contribution in [-0.2, 0) is 0 Å². The molecule has 8 rings (SSSR count). The molecule has 8 aromatic rings. The highest BCUT2D eigenvalue weighted by Gasteiger charge is 2.14. The van der Waals surface area contributed by atoms with Gasteiger partial charge in [0.1, 0.15) is 11.0 Å². The van der Waals surface area contributed by atoms with Crippen molar-refractivity contribution in [3.8, 4) is 34.0 Å². The Morgan fingerprint density at radius 1 is 0.368 bits per heavy atom. The summed E-state index contributed by atoms with van der Waals surface area (Å²) in [6, 6.07) is 41.4. The molecule has 0 atom stereocenters. The Balaban J connectivity index is 1.15. The first-order chi connectivity index (χ1) is 18.8. The van der Waals surface area contributed by atoms with Crippen LogP contribution in [0.4, 0.5) is 0 Å². The van der Waals surface area contributed by atoms with Gasteiger partial charge in [0.05, 0.1) is 0 Å². The molecule has 0 saturated carbocycles. The summed E-state index contributed by atoms with van der Waals surface area (Å²) in [5.41, 5.74) is 7.10. The maximum absolute atomic E-state index is 6.22. The summed E-state index contributed by atoms with van der Waals surface area (Å²) < 4.78 is 12.4. The molecule has 2 aromatic heterocycles. The van der Waals surface area contributed by atoms with E-state index in [0.29, 0.717) is 17.4 Å². The van der Waals surface area contributed by atoms with Gasteiger partial charge in [0.2, 0.25) is 11.8 Å². The third-order valence-corrected chi connectivity index (χ3v) is 7.10. The van der Waals surface area contributed by atoms with Crippen molar-refractivity contribution in [3.63, 3.8) is 0 Å². The molecule has 4 heteroatoms. The van der Waals surface area contributed by atoms with Gasteiger partial charge in [-0.3, -0.25) is 0 Å². The number of fused-ring (bicyclic) bond motifs is 4. The smallest absolute Gasteiger partial charge is 0.227 e. The standard InChI is InChI=1S/C34H20N2O2/c1-3-7-23-17-25(11-9-21(23)5-1)26-13-15-29-31(19-26)37-34(36-29)28-14-16-30-32(20-28)38-33(35-30)27-12-10-22-6-2-4-8-24(22)18-27/h1-20H. The summed E-state index contributed by atoms with van der Waals surface area (Å²) >= 11 is 0. The SMILES string of the molecule is c1ccc2cc(-c3ccc4nc(-c5ccc6nc(-c7ccc8ccccc8c7)oc6c5)oc4c3)ccc2c1. The number of benzene rings is 6. The molecular formula is C34H20N2O2. The van der Waals surface area contributed by atoms with E-state index >= 15 is 0 Å². The van der Waals surface area contributed by atoms with Gasteiger partial charge in [0.25, 0.3) is 0 Å². The monoisotopic (exact) mass is 488 g/mol. The van der Waals surface area contributed by atoms with Crippen LogP contribution in [0, 0.1) is 0 Å². The van der Waals surface area contributed by atoms with Crippen LogP contribution in [0.2, 0.25) is 0 Å². The van der Waals surface area contributed by atoms with Crippen LogP contribution in [0.25, 0.3) is 77.8 Å². The molecule has 0 radical (unpaired) electrons. The van der Waals surface area contributed by atoms with Gasteiger partial charge < -0.3 is 8.83 Å². The lowest BCUT2D eigenvalue weighted by Crippen LogP contribution is -1.79. The van der Waals surface area contributed by atoms with Crippen LogP contribution in [0.1, 0.15) is 0 Å². The molecule has 0 aliphatic heterocycles. The highest BCUT2D eigenvalue weighted by Crippen LogP contribution is 2.33. The largest absolute Gasteiger partial charge is 0.436 e. The predicted molar refractivity (Wildman–Crippen MR) is 153 cm³/mol. The lowest BCUT2D eigenvalue weighted by atomic mass is 10.0. The van der Waals surface area contributed by atoms with Crippen molar-refractivity contribution in [2.24, 2.45) is 0 Å². The lowest BCUT2D eigenvalue weighted by Gasteiger charge is -2.04. The van der Waals surface area contributed by atoms with Crippen LogP contribution < -0.4 is 0 Å². The van der Waals surface area contributed by atoms with Crippen molar-refractivity contribution in [3.05, 3.63) is 121 Å². The Morgan fingerprint density at radius 3 is 1.42 bits per heavy atom. The number of hydrogen-bond donors (Lipinski definition) is 0. The zero-order valence-corrected chi connectivity index (χ0v) is 20.3. The first-order valence-corrected chi connectivity index (χ1v) is 12.6. The summed E-state index contributed by atoms with van der Waals surface area (Å²) in [4.78, 5) is 9.46. The maximum Gasteiger partial charge on any atom is 0.227 e. The van der Waals surface area contributed by atoms with Crippen LogP contribution in [0.3, 0.4) is 0 Å². The topological polar surface area (TPSA) is 52.1 Å². The maximum atomic E-state index is 6.22. The second kappa shape index (κ2) is 8.15. The van der Waals surface area contributed by atoms with E-state index in [0.717, 1.165) is 44.3 Å². The van der Waals surface area contributed by atoms with E-state index in [2.05, 4.69) is 78.9 Å². The molecule has 0 amide bonds. The number of oxazole rings is 2. The number of nitrogens with zero attached hydrogens (tertiary/aromatic N) is 2. The van der Waals surface area contributed by atoms with Crippen molar-refractivity contribution in [2.45, 2.75) is 0 Å². The number of aromatic nitrogens is 2. The zero-order valence-electron chi connectivity index (χ0n) is 20.3. The highest BCUT2D eigenvalue weighted by atomic mass is 16.4. The molecule has 2 heterocycles. The Kier molecular flexibility index (Phi) is 4.49. The van der Waals surface area contributed by atoms with Crippen LogP contribution in [-0.4, -0.2) is 9.97 Å². The van der Waals surface area contributed by atoms with Crippen LogP contribution in [0.15, 0.2) is 130 Å². The summed E-state index contributed by atoms with van der Waals surface area (Å²) in [5, 5.41) is 4.79. The molecule has 0 aliphatic rings. The van der Waals surface area contributed by atoms with Gasteiger partial charge in [-0.2, -0.15) is 0 Å². The molecule has 0 N–H and O–H groups in total. The predicted octanol–water partition coefficient (Wildman–Crippen LogP) is 9.28. The molecule has 6 aromatic carbocycles. The van der Waals surface area contributed by atoms with Crippen molar-refractivity contribution in [1.82, 2.24) is 9.97 Å². The van der Waals surface area contributed by atoms with Gasteiger partial charge in [-0.25, -0.2) is 9.97 Å². The van der Waals surface area contributed by atoms with Crippen molar-refractivity contribution >= 4 is 43.7 Å². The van der Waals surface area contributed by atoms with E-state index in [9.17, 15) is 0 Å². The average Bonchev–Trinajstić information content (AvgIpc) is 3.60. The molecule has 0 bridgehead atoms. The summed E-state index contributed by atoms with van der Waals surface area (Å²) in [6.45, 7) is 0. The van der Waals surface area contributed by atoms with E-state index in [1.807, 2.05) is 42.5 Å². The molecule has 0 fully saturated rings. The molecule has 0 saturated heterocycles. The fourth-order valence-electron chi connectivity index (χ4n) is 5.10. The minimum atomic E-state index is 0.557. The Morgan fingerprint density at radius 2 is 0.789 bits per heavy atom. The van der Waals surface area contributed by atoms with Gasteiger partial charge in [0.15, 0.2) is 11.2 Å². The van der Waals surface area contributed by atoms with Crippen molar-refractivity contribution in [2.75, 3.05) is 0 Å². The minimum absolute atomic E-state index is 0.557. The van der Waals surface area contributed by atoms with Gasteiger partial charge in [0, 0.05) is 11.1 Å². The second-order valence-corrected chi connectivity index (χ2v) is 9.53. The fourth-order valence-corrected chi connectivity index (χ4v) is 5.10. The third kappa shape index (κ3) is 3.46. The molecular weight excluding hydrogens is 468 g/mol. The lowest BCUT2D eigenvalue weighted by molar-refractivity contribution is 0.614. The van der Waals surface area contributed by atoms with E-state index in [-0.39, 0.29) is 0 Å². The quantitative estimate of drug-likeness (QED) is 0.249. The Bertz CT molecular complexity index is 2070. The molecule has 0 spiro atoms. The van der Waals surface area contributed by atoms with Gasteiger partial charge >= 0.3 is 0 Å². The van der Waals surface area contributed by atoms with Crippen molar-refractivity contribution < 1.29 is 8.83 Å². The summed E-state index contributed by atoms with van der Waals surface area (Å²) in [6.07, 6.45) is 0. The molecule has 0 aliphatic carbocycles. The van der Waals surface area contributed by atoms with Gasteiger partial charge in [-0.1, -0.05) is 72.8 Å². The molecule has 38 heavy (non-hydrogen) atoms. The van der Waals surface area contributed by atoms with E-state index < -0.39 is 0 Å². The molecule has 178 valence electrons. The van der Waals surface area contributed by atoms with E-state index in [1.165, 1.54) is 16.2 Å². The van der Waals surface area contributed by atoms with Crippen LogP contribution in [0.5, 0.6) is 0 Å². The molecule has 0 unspecified atom stereocenters. The minimum Gasteiger partial charge on any atom is -0.436 e. The fraction of sp³-hybridized carbons (Fsp3) is 0. The first kappa shape index (κ1) is 20.9. The Hall–Kier alpha value is -5.22. The zero-order chi connectivity index (χ0) is 25.1. The first-order valence-electron chi connectivity index (χ1n) is 12.6. The Labute approximate surface area is 217 Å². The van der Waals surface area contributed by atoms with E-state index in [4.69, 9.17) is 18.8 Å². The second-order valence-electron chi connectivity index (χ2n) is 9.53. The van der Waals surface area contributed by atoms with Crippen molar-refractivity contribution in [1.29, 1.82) is 0 Å². The van der Waals surface area contributed by atoms with Gasteiger partial charge in [-0.05, 0) is 81.2 Å². The number of hydrogen-bond acceptors (Lipinski definition) is 4. The highest BCUT2D eigenvalue weighted by molar-refractivity contribution is 5.90.